The molecule has 9 aromatic rings. The first-order valence-electron chi connectivity index (χ1n) is 18.4. The summed E-state index contributed by atoms with van der Waals surface area (Å²) in [6, 6.07) is 60.8. The zero-order valence-corrected chi connectivity index (χ0v) is 30.3. The Kier molecular flexibility index (Phi) is 7.43. The van der Waals surface area contributed by atoms with Crippen LogP contribution in [0, 0.1) is 11.3 Å². The number of nitrogens with zero attached hydrogens (tertiary/aromatic N) is 6. The van der Waals surface area contributed by atoms with Gasteiger partial charge in [0.05, 0.1) is 34.0 Å². The molecule has 0 saturated heterocycles. The van der Waals surface area contributed by atoms with Crippen molar-refractivity contribution in [2.24, 2.45) is 0 Å². The Morgan fingerprint density at radius 1 is 0.491 bits per heavy atom. The molecular weight excluding hydrogens is 673 g/mol. The second-order valence-corrected chi connectivity index (χ2v) is 14.5. The predicted octanol–water partition coefficient (Wildman–Crippen LogP) is 12.0. The molecule has 7 aromatic carbocycles. The van der Waals surface area contributed by atoms with Crippen LogP contribution in [0.4, 0.5) is 17.1 Å². The first-order chi connectivity index (χ1) is 27.0. The van der Waals surface area contributed by atoms with Gasteiger partial charge in [-0.15, -0.1) is 0 Å². The van der Waals surface area contributed by atoms with E-state index in [-0.39, 0.29) is 5.41 Å². The highest BCUT2D eigenvalue weighted by atomic mass is 15.2. The predicted molar refractivity (Wildman–Crippen MR) is 222 cm³/mol. The van der Waals surface area contributed by atoms with Crippen LogP contribution in [0.3, 0.4) is 0 Å². The Morgan fingerprint density at radius 3 is 1.69 bits per heavy atom. The Hall–Kier alpha value is -7.36. The van der Waals surface area contributed by atoms with Crippen LogP contribution in [0.15, 0.2) is 170 Å². The number of rotatable bonds is 5. The molecule has 0 fully saturated rings. The lowest BCUT2D eigenvalue weighted by Crippen LogP contribution is -2.30. The fourth-order valence-electron chi connectivity index (χ4n) is 8.18. The van der Waals surface area contributed by atoms with Crippen LogP contribution < -0.4 is 4.90 Å². The van der Waals surface area contributed by atoms with Crippen molar-refractivity contribution in [3.8, 4) is 45.9 Å². The summed E-state index contributed by atoms with van der Waals surface area (Å²) in [5, 5.41) is 12.6. The molecule has 0 aliphatic carbocycles. The van der Waals surface area contributed by atoms with Crippen molar-refractivity contribution in [1.82, 2.24) is 19.5 Å². The van der Waals surface area contributed by atoms with Crippen LogP contribution >= 0.6 is 0 Å². The van der Waals surface area contributed by atoms with Gasteiger partial charge < -0.3 is 4.90 Å². The zero-order chi connectivity index (χ0) is 37.1. The SMILES string of the molecule is CC1(C)c2ccccc2N(c2cc(C#N)cc(-c3ccc4c5ccccc5n(-c5nc(-c6ccccc6)nc(-c6ccccc6)n5)c4c3)c2)c2ccccc21. The van der Waals surface area contributed by atoms with E-state index in [2.05, 4.69) is 120 Å². The fraction of sp³-hybridized carbons (Fsp3) is 0.0612. The van der Waals surface area contributed by atoms with Crippen molar-refractivity contribution in [1.29, 1.82) is 5.26 Å². The molecule has 0 amide bonds. The van der Waals surface area contributed by atoms with Gasteiger partial charge in [0.1, 0.15) is 0 Å². The van der Waals surface area contributed by atoms with Crippen LogP contribution in [0.25, 0.3) is 61.7 Å². The van der Waals surface area contributed by atoms with E-state index in [0.29, 0.717) is 23.2 Å². The van der Waals surface area contributed by atoms with E-state index in [9.17, 15) is 5.26 Å². The van der Waals surface area contributed by atoms with E-state index >= 15 is 0 Å². The summed E-state index contributed by atoms with van der Waals surface area (Å²) < 4.78 is 2.14. The van der Waals surface area contributed by atoms with Crippen molar-refractivity contribution in [2.45, 2.75) is 19.3 Å². The average Bonchev–Trinajstić information content (AvgIpc) is 3.58. The number of hydrogen-bond donors (Lipinski definition) is 0. The van der Waals surface area contributed by atoms with Crippen molar-refractivity contribution in [3.63, 3.8) is 0 Å². The van der Waals surface area contributed by atoms with Gasteiger partial charge in [-0.05, 0) is 64.7 Å². The summed E-state index contributed by atoms with van der Waals surface area (Å²) in [5.41, 5.74) is 11.7. The van der Waals surface area contributed by atoms with Gasteiger partial charge in [-0.1, -0.05) is 141 Å². The molecule has 0 saturated carbocycles. The number of aromatic nitrogens is 4. The van der Waals surface area contributed by atoms with Gasteiger partial charge in [0, 0.05) is 33.0 Å². The van der Waals surface area contributed by atoms with Gasteiger partial charge in [-0.2, -0.15) is 15.2 Å². The Morgan fingerprint density at radius 2 is 1.05 bits per heavy atom. The molecule has 6 nitrogen and oxygen atoms in total. The summed E-state index contributed by atoms with van der Waals surface area (Å²) in [6.07, 6.45) is 0. The van der Waals surface area contributed by atoms with Gasteiger partial charge in [-0.25, -0.2) is 4.98 Å². The number of benzene rings is 7. The van der Waals surface area contributed by atoms with Gasteiger partial charge in [-0.3, -0.25) is 4.57 Å². The molecule has 0 atom stereocenters. The van der Waals surface area contributed by atoms with Crippen LogP contribution in [0.1, 0.15) is 30.5 Å². The van der Waals surface area contributed by atoms with Gasteiger partial charge >= 0.3 is 0 Å². The molecule has 260 valence electrons. The first-order valence-corrected chi connectivity index (χ1v) is 18.4. The van der Waals surface area contributed by atoms with Gasteiger partial charge in [0.2, 0.25) is 5.95 Å². The molecule has 1 aliphatic rings. The fourth-order valence-corrected chi connectivity index (χ4v) is 8.18. The Labute approximate surface area is 319 Å². The van der Waals surface area contributed by atoms with E-state index in [1.165, 1.54) is 11.1 Å². The highest BCUT2D eigenvalue weighted by Gasteiger charge is 2.36. The molecule has 0 N–H and O–H groups in total. The highest BCUT2D eigenvalue weighted by molar-refractivity contribution is 6.10. The van der Waals surface area contributed by atoms with E-state index < -0.39 is 0 Å². The number of fused-ring (bicyclic) bond motifs is 5. The summed E-state index contributed by atoms with van der Waals surface area (Å²) >= 11 is 0. The van der Waals surface area contributed by atoms with Crippen molar-refractivity contribution < 1.29 is 0 Å². The van der Waals surface area contributed by atoms with Crippen LogP contribution in [-0.4, -0.2) is 19.5 Å². The molecule has 6 heteroatoms. The Balaban J connectivity index is 1.19. The second-order valence-electron chi connectivity index (χ2n) is 14.5. The summed E-state index contributed by atoms with van der Waals surface area (Å²) in [7, 11) is 0. The third-order valence-corrected chi connectivity index (χ3v) is 10.8. The van der Waals surface area contributed by atoms with Crippen molar-refractivity contribution in [2.75, 3.05) is 4.90 Å². The van der Waals surface area contributed by atoms with E-state index in [4.69, 9.17) is 15.0 Å². The summed E-state index contributed by atoms with van der Waals surface area (Å²) in [5.74, 6) is 1.73. The topological polar surface area (TPSA) is 70.6 Å². The lowest BCUT2D eigenvalue weighted by atomic mass is 9.73. The molecule has 0 unspecified atom stereocenters. The minimum absolute atomic E-state index is 0.187. The molecule has 10 rings (SSSR count). The minimum Gasteiger partial charge on any atom is -0.310 e. The monoisotopic (exact) mass is 706 g/mol. The number of para-hydroxylation sites is 3. The molecule has 1 aliphatic heterocycles. The molecule has 0 radical (unpaired) electrons. The second kappa shape index (κ2) is 12.6. The van der Waals surface area contributed by atoms with Crippen LogP contribution in [0.2, 0.25) is 0 Å². The van der Waals surface area contributed by atoms with Crippen LogP contribution in [-0.2, 0) is 5.41 Å². The standard InChI is InChI=1S/C49H34N6/c1-49(2)40-20-10-13-23-43(40)54(44-24-14-11-21-41(44)49)37-28-32(31-50)27-36(29-37)35-25-26-39-38-19-9-12-22-42(38)55(45(39)30-35)48-52-46(33-15-5-3-6-16-33)51-47(53-48)34-17-7-4-8-18-34/h3-30H,1-2H3. The number of hydrogen-bond acceptors (Lipinski definition) is 5. The highest BCUT2D eigenvalue weighted by Crippen LogP contribution is 2.52. The van der Waals surface area contributed by atoms with E-state index in [1.54, 1.807) is 0 Å². The normalized spacial score (nSPS) is 13.0. The van der Waals surface area contributed by atoms with E-state index in [1.807, 2.05) is 78.9 Å². The lowest BCUT2D eigenvalue weighted by Gasteiger charge is -2.42. The lowest BCUT2D eigenvalue weighted by molar-refractivity contribution is 0.632. The van der Waals surface area contributed by atoms with E-state index in [0.717, 1.165) is 61.1 Å². The van der Waals surface area contributed by atoms with Gasteiger partial charge in [0.25, 0.3) is 0 Å². The molecule has 0 bridgehead atoms. The van der Waals surface area contributed by atoms with Gasteiger partial charge in [0.15, 0.2) is 11.6 Å². The van der Waals surface area contributed by atoms with Crippen LogP contribution in [0.5, 0.6) is 0 Å². The molecular formula is C49H34N6. The maximum absolute atomic E-state index is 10.4. The maximum atomic E-state index is 10.4. The third-order valence-electron chi connectivity index (χ3n) is 10.8. The first kappa shape index (κ1) is 32.3. The Bertz CT molecular complexity index is 2870. The third kappa shape index (κ3) is 5.28. The maximum Gasteiger partial charge on any atom is 0.238 e. The number of anilines is 3. The molecule has 55 heavy (non-hydrogen) atoms. The van der Waals surface area contributed by atoms with Crippen molar-refractivity contribution in [3.05, 3.63) is 187 Å². The summed E-state index contributed by atoms with van der Waals surface area (Å²) in [6.45, 7) is 4.57. The smallest absolute Gasteiger partial charge is 0.238 e. The van der Waals surface area contributed by atoms with Crippen molar-refractivity contribution >= 4 is 38.9 Å². The molecule has 2 aromatic heterocycles. The summed E-state index contributed by atoms with van der Waals surface area (Å²) in [4.78, 5) is 17.5. The largest absolute Gasteiger partial charge is 0.310 e. The minimum atomic E-state index is -0.187. The zero-order valence-electron chi connectivity index (χ0n) is 30.3. The quantitative estimate of drug-likeness (QED) is 0.178. The molecule has 0 spiro atoms. The average molecular weight is 707 g/mol. The molecule has 3 heterocycles. The number of nitriles is 1.